The maximum absolute atomic E-state index is 12.1. The Morgan fingerprint density at radius 2 is 1.90 bits per heavy atom. The molecule has 1 aromatic carbocycles. The van der Waals surface area contributed by atoms with Crippen molar-refractivity contribution in [2.75, 3.05) is 36.5 Å². The van der Waals surface area contributed by atoms with Gasteiger partial charge in [0.05, 0.1) is 5.00 Å². The molecule has 168 valence electrons. The van der Waals surface area contributed by atoms with Gasteiger partial charge in [0.1, 0.15) is 0 Å². The molecule has 2 fully saturated rings. The Labute approximate surface area is 206 Å². The van der Waals surface area contributed by atoms with Crippen molar-refractivity contribution in [1.82, 2.24) is 10.6 Å². The van der Waals surface area contributed by atoms with Crippen LogP contribution >= 0.6 is 35.3 Å². The highest BCUT2D eigenvalue weighted by atomic mass is 127. The van der Waals surface area contributed by atoms with E-state index in [1.54, 1.807) is 0 Å². The molecule has 0 atom stereocenters. The molecule has 2 N–H and O–H groups in total. The van der Waals surface area contributed by atoms with Gasteiger partial charge in [-0.15, -0.1) is 35.3 Å². The third-order valence-corrected chi connectivity index (χ3v) is 6.84. The Bertz CT molecular complexity index is 847. The molecule has 1 aromatic heterocycles. The summed E-state index contributed by atoms with van der Waals surface area (Å²) in [6, 6.07) is 13.1. The summed E-state index contributed by atoms with van der Waals surface area (Å²) in [5, 5.41) is 10.5. The second kappa shape index (κ2) is 11.7. The van der Waals surface area contributed by atoms with Crippen LogP contribution < -0.4 is 20.4 Å². The van der Waals surface area contributed by atoms with Gasteiger partial charge in [-0.1, -0.05) is 12.1 Å². The van der Waals surface area contributed by atoms with E-state index in [0.717, 1.165) is 57.0 Å². The van der Waals surface area contributed by atoms with Crippen LogP contribution in [0.5, 0.6) is 0 Å². The van der Waals surface area contributed by atoms with Gasteiger partial charge in [-0.25, -0.2) is 0 Å². The molecule has 31 heavy (non-hydrogen) atoms. The van der Waals surface area contributed by atoms with Crippen LogP contribution in [0.25, 0.3) is 0 Å². The Kier molecular flexibility index (Phi) is 9.01. The quantitative estimate of drug-likeness (QED) is 0.331. The lowest BCUT2D eigenvalue weighted by atomic mass is 10.1. The minimum atomic E-state index is 0. The first kappa shape index (κ1) is 23.8. The number of guanidine groups is 1. The zero-order valence-electron chi connectivity index (χ0n) is 18.0. The molecule has 1 amide bonds. The van der Waals surface area contributed by atoms with Gasteiger partial charge in [-0.2, -0.15) is 0 Å². The standard InChI is InChI=1S/C23H31N5OS.HI/c1-24-23(26-19-11-14-27(15-12-19)22-6-4-16-30-22)25-17-18-7-9-20(10-8-18)28-13-3-2-5-21(28)29;/h4,6-10,16,19H,2-3,5,11-15,17H2,1H3,(H2,24,25,26);1H. The number of piperidine rings is 2. The summed E-state index contributed by atoms with van der Waals surface area (Å²) in [6.45, 7) is 3.69. The number of hydrogen-bond acceptors (Lipinski definition) is 4. The number of hydrogen-bond donors (Lipinski definition) is 2. The van der Waals surface area contributed by atoms with E-state index in [9.17, 15) is 4.79 Å². The Morgan fingerprint density at radius 1 is 1.13 bits per heavy atom. The highest BCUT2D eigenvalue weighted by molar-refractivity contribution is 14.0. The highest BCUT2D eigenvalue weighted by Crippen LogP contribution is 2.25. The molecular formula is C23H32IN5OS. The maximum Gasteiger partial charge on any atom is 0.226 e. The summed E-state index contributed by atoms with van der Waals surface area (Å²) in [4.78, 5) is 20.9. The Morgan fingerprint density at radius 3 is 2.55 bits per heavy atom. The van der Waals surface area contributed by atoms with Crippen LogP contribution in [-0.4, -0.2) is 44.6 Å². The highest BCUT2D eigenvalue weighted by Gasteiger charge is 2.21. The van der Waals surface area contributed by atoms with Crippen LogP contribution in [0.1, 0.15) is 37.7 Å². The summed E-state index contributed by atoms with van der Waals surface area (Å²) in [6.07, 6.45) is 4.98. The minimum Gasteiger partial charge on any atom is -0.363 e. The Balaban J connectivity index is 0.00000272. The first-order valence-electron chi connectivity index (χ1n) is 10.9. The van der Waals surface area contributed by atoms with Gasteiger partial charge in [0.15, 0.2) is 5.96 Å². The van der Waals surface area contributed by atoms with Gasteiger partial charge in [-0.05, 0) is 60.9 Å². The molecule has 0 bridgehead atoms. The van der Waals surface area contributed by atoms with E-state index < -0.39 is 0 Å². The number of anilines is 2. The van der Waals surface area contributed by atoms with Crippen LogP contribution in [0, 0.1) is 0 Å². The molecule has 2 saturated heterocycles. The smallest absolute Gasteiger partial charge is 0.226 e. The van der Waals surface area contributed by atoms with Crippen molar-refractivity contribution in [1.29, 1.82) is 0 Å². The molecule has 0 spiro atoms. The van der Waals surface area contributed by atoms with E-state index >= 15 is 0 Å². The number of amides is 1. The number of nitrogens with zero attached hydrogens (tertiary/aromatic N) is 3. The van der Waals surface area contributed by atoms with Crippen LogP contribution in [0.4, 0.5) is 10.7 Å². The number of benzene rings is 1. The van der Waals surface area contributed by atoms with Crippen molar-refractivity contribution in [2.45, 2.75) is 44.7 Å². The minimum absolute atomic E-state index is 0. The average Bonchev–Trinajstić information content (AvgIpc) is 3.33. The van der Waals surface area contributed by atoms with Crippen LogP contribution in [0.15, 0.2) is 46.8 Å². The van der Waals surface area contributed by atoms with Crippen molar-refractivity contribution in [3.05, 3.63) is 47.3 Å². The largest absolute Gasteiger partial charge is 0.363 e. The molecular weight excluding hydrogens is 521 g/mol. The van der Waals surface area contributed by atoms with Gasteiger partial charge in [0.2, 0.25) is 5.91 Å². The van der Waals surface area contributed by atoms with E-state index in [0.29, 0.717) is 19.0 Å². The molecule has 2 aliphatic rings. The fourth-order valence-electron chi connectivity index (χ4n) is 4.14. The van der Waals surface area contributed by atoms with Gasteiger partial charge >= 0.3 is 0 Å². The number of thiophene rings is 1. The molecule has 0 unspecified atom stereocenters. The monoisotopic (exact) mass is 553 g/mol. The topological polar surface area (TPSA) is 60.0 Å². The van der Waals surface area contributed by atoms with E-state index in [1.165, 1.54) is 10.6 Å². The SMILES string of the molecule is CN=C(NCc1ccc(N2CCCCC2=O)cc1)NC1CCN(c2cccs2)CC1.I. The molecule has 0 aliphatic carbocycles. The summed E-state index contributed by atoms with van der Waals surface area (Å²) in [5.74, 6) is 1.08. The normalized spacial score (nSPS) is 18.0. The molecule has 3 heterocycles. The predicted molar refractivity (Wildman–Crippen MR) is 141 cm³/mol. The van der Waals surface area contributed by atoms with Gasteiger partial charge in [0.25, 0.3) is 0 Å². The van der Waals surface area contributed by atoms with Crippen LogP contribution in [0.3, 0.4) is 0 Å². The summed E-state index contributed by atoms with van der Waals surface area (Å²) >= 11 is 1.81. The number of halogens is 1. The number of aliphatic imine (C=N–C) groups is 1. The van der Waals surface area contributed by atoms with Crippen molar-refractivity contribution in [2.24, 2.45) is 4.99 Å². The van der Waals surface area contributed by atoms with Crippen molar-refractivity contribution >= 4 is 57.9 Å². The second-order valence-electron chi connectivity index (χ2n) is 7.95. The van der Waals surface area contributed by atoms with Crippen LogP contribution in [-0.2, 0) is 11.3 Å². The van der Waals surface area contributed by atoms with Crippen molar-refractivity contribution < 1.29 is 4.79 Å². The van der Waals surface area contributed by atoms with Gasteiger partial charge in [0, 0.05) is 51.4 Å². The number of rotatable bonds is 5. The first-order valence-corrected chi connectivity index (χ1v) is 11.8. The first-order chi connectivity index (χ1) is 14.7. The fourth-order valence-corrected chi connectivity index (χ4v) is 4.93. The number of carbonyl (C=O) groups excluding carboxylic acids is 1. The van der Waals surface area contributed by atoms with E-state index in [1.807, 2.05) is 23.3 Å². The summed E-state index contributed by atoms with van der Waals surface area (Å²) < 4.78 is 0. The van der Waals surface area contributed by atoms with Crippen LogP contribution in [0.2, 0.25) is 0 Å². The zero-order chi connectivity index (χ0) is 20.8. The van der Waals surface area contributed by atoms with Crippen molar-refractivity contribution in [3.63, 3.8) is 0 Å². The fraction of sp³-hybridized carbons (Fsp3) is 0.478. The molecule has 4 rings (SSSR count). The van der Waals surface area contributed by atoms with E-state index in [-0.39, 0.29) is 29.9 Å². The zero-order valence-corrected chi connectivity index (χ0v) is 21.2. The summed E-state index contributed by atoms with van der Waals surface area (Å²) in [7, 11) is 1.82. The summed E-state index contributed by atoms with van der Waals surface area (Å²) in [5.41, 5.74) is 2.18. The molecule has 0 saturated carbocycles. The Hall–Kier alpha value is -1.81. The second-order valence-corrected chi connectivity index (χ2v) is 8.88. The molecule has 2 aromatic rings. The van der Waals surface area contributed by atoms with Gasteiger partial charge < -0.3 is 20.4 Å². The van der Waals surface area contributed by atoms with E-state index in [4.69, 9.17) is 0 Å². The lowest BCUT2D eigenvalue weighted by molar-refractivity contribution is -0.119. The maximum atomic E-state index is 12.1. The number of carbonyl (C=O) groups is 1. The molecule has 2 aliphatic heterocycles. The third-order valence-electron chi connectivity index (χ3n) is 5.91. The average molecular weight is 554 g/mol. The number of nitrogens with one attached hydrogen (secondary N) is 2. The predicted octanol–water partition coefficient (Wildman–Crippen LogP) is 4.22. The molecule has 6 nitrogen and oxygen atoms in total. The molecule has 8 heteroatoms. The van der Waals surface area contributed by atoms with E-state index in [2.05, 4.69) is 62.3 Å². The van der Waals surface area contributed by atoms with Gasteiger partial charge in [-0.3, -0.25) is 9.79 Å². The lowest BCUT2D eigenvalue weighted by Gasteiger charge is -2.33. The molecule has 0 radical (unpaired) electrons. The lowest BCUT2D eigenvalue weighted by Crippen LogP contribution is -2.48. The third kappa shape index (κ3) is 6.35. The van der Waals surface area contributed by atoms with Crippen molar-refractivity contribution in [3.8, 4) is 0 Å².